The second-order valence-corrected chi connectivity index (χ2v) is 9.04. The lowest BCUT2D eigenvalue weighted by Gasteiger charge is -2.41. The molecule has 0 radical (unpaired) electrons. The number of hydrogen-bond donors (Lipinski definition) is 0. The van der Waals surface area contributed by atoms with Gasteiger partial charge in [-0.1, -0.05) is 19.3 Å². The number of ether oxygens (including phenoxy) is 1. The molecule has 0 bridgehead atoms. The van der Waals surface area contributed by atoms with E-state index in [0.29, 0.717) is 38.6 Å². The minimum Gasteiger partial charge on any atom is -0.372 e. The van der Waals surface area contributed by atoms with E-state index < -0.39 is 5.60 Å². The summed E-state index contributed by atoms with van der Waals surface area (Å²) in [5, 5.41) is 4.19. The van der Waals surface area contributed by atoms with Crippen molar-refractivity contribution in [2.24, 2.45) is 5.92 Å². The molecule has 1 spiro atoms. The molecule has 1 unspecified atom stereocenters. The van der Waals surface area contributed by atoms with E-state index in [1.807, 2.05) is 29.0 Å². The average Bonchev–Trinajstić information content (AvgIpc) is 3.23. The van der Waals surface area contributed by atoms with Gasteiger partial charge in [0, 0.05) is 38.6 Å². The van der Waals surface area contributed by atoms with Crippen LogP contribution in [0.1, 0.15) is 64.3 Å². The van der Waals surface area contributed by atoms with Crippen molar-refractivity contribution in [2.45, 2.75) is 69.9 Å². The lowest BCUT2D eigenvalue weighted by Crippen LogP contribution is -2.50. The molecular formula is C22H34N4O3. The molecule has 7 nitrogen and oxygen atoms in total. The van der Waals surface area contributed by atoms with Crippen molar-refractivity contribution in [1.29, 1.82) is 0 Å². The van der Waals surface area contributed by atoms with Gasteiger partial charge in [0.15, 0.2) is 0 Å². The van der Waals surface area contributed by atoms with Gasteiger partial charge in [-0.2, -0.15) is 5.10 Å². The zero-order chi connectivity index (χ0) is 20.3. The second-order valence-electron chi connectivity index (χ2n) is 9.04. The van der Waals surface area contributed by atoms with Crippen molar-refractivity contribution in [2.75, 3.05) is 32.8 Å². The van der Waals surface area contributed by atoms with Gasteiger partial charge in [-0.05, 0) is 44.6 Å². The Labute approximate surface area is 173 Å². The molecule has 2 saturated heterocycles. The number of carbonyl (C=O) groups excluding carboxylic acids is 2. The highest BCUT2D eigenvalue weighted by atomic mass is 16.5. The summed E-state index contributed by atoms with van der Waals surface area (Å²) in [6, 6.07) is 1.53. The summed E-state index contributed by atoms with van der Waals surface area (Å²) in [7, 11) is 0. The van der Waals surface area contributed by atoms with Gasteiger partial charge >= 0.3 is 0 Å². The number of rotatable bonds is 4. The standard InChI is InChI=1S/C22H34N4O3/c1-18(26-11-5-10-23-26)21(28)24-12-8-22(9-13-24)16-20(27)25(14-15-29-22)17-19-6-3-2-4-7-19/h5,10-11,18-19H,2-4,6-9,12-17H2,1H3. The first-order chi connectivity index (χ1) is 14.1. The van der Waals surface area contributed by atoms with Crippen LogP contribution in [-0.4, -0.2) is 69.8 Å². The van der Waals surface area contributed by atoms with Crippen LogP contribution in [0.25, 0.3) is 0 Å². The lowest BCUT2D eigenvalue weighted by atomic mass is 9.86. The Kier molecular flexibility index (Phi) is 6.23. The third kappa shape index (κ3) is 4.65. The van der Waals surface area contributed by atoms with Crippen LogP contribution in [-0.2, 0) is 14.3 Å². The molecule has 3 heterocycles. The monoisotopic (exact) mass is 402 g/mol. The van der Waals surface area contributed by atoms with Gasteiger partial charge in [0.1, 0.15) is 6.04 Å². The number of hydrogen-bond acceptors (Lipinski definition) is 4. The van der Waals surface area contributed by atoms with E-state index in [1.54, 1.807) is 10.9 Å². The SMILES string of the molecule is CC(C(=O)N1CCC2(CC1)CC(=O)N(CC1CCCCC1)CCO2)n1cccn1. The minimum absolute atomic E-state index is 0.0856. The molecule has 160 valence electrons. The highest BCUT2D eigenvalue weighted by Gasteiger charge is 2.42. The first-order valence-corrected chi connectivity index (χ1v) is 11.3. The largest absolute Gasteiger partial charge is 0.372 e. The molecule has 1 saturated carbocycles. The highest BCUT2D eigenvalue weighted by Crippen LogP contribution is 2.34. The Morgan fingerprint density at radius 1 is 1.24 bits per heavy atom. The summed E-state index contributed by atoms with van der Waals surface area (Å²) < 4.78 is 7.96. The predicted octanol–water partition coefficient (Wildman–Crippen LogP) is 2.63. The van der Waals surface area contributed by atoms with E-state index in [-0.39, 0.29) is 17.9 Å². The van der Waals surface area contributed by atoms with Crippen molar-refractivity contribution in [3.05, 3.63) is 18.5 Å². The van der Waals surface area contributed by atoms with E-state index in [4.69, 9.17) is 4.74 Å². The summed E-state index contributed by atoms with van der Waals surface area (Å²) in [6.45, 7) is 5.37. The van der Waals surface area contributed by atoms with Crippen molar-refractivity contribution >= 4 is 11.8 Å². The number of aromatic nitrogens is 2. The molecule has 29 heavy (non-hydrogen) atoms. The van der Waals surface area contributed by atoms with Gasteiger partial charge in [-0.25, -0.2) is 0 Å². The van der Waals surface area contributed by atoms with Crippen molar-refractivity contribution in [1.82, 2.24) is 19.6 Å². The summed E-state index contributed by atoms with van der Waals surface area (Å²) in [6.07, 6.45) is 11.9. The van der Waals surface area contributed by atoms with Gasteiger partial charge in [0.2, 0.25) is 11.8 Å². The number of piperidine rings is 1. The van der Waals surface area contributed by atoms with Crippen LogP contribution < -0.4 is 0 Å². The summed E-state index contributed by atoms with van der Waals surface area (Å²) in [5.41, 5.74) is -0.399. The van der Waals surface area contributed by atoms with Gasteiger partial charge in [-0.15, -0.1) is 0 Å². The van der Waals surface area contributed by atoms with Crippen LogP contribution in [0, 0.1) is 5.92 Å². The maximum atomic E-state index is 13.0. The van der Waals surface area contributed by atoms with Crippen LogP contribution in [0.2, 0.25) is 0 Å². The van der Waals surface area contributed by atoms with E-state index in [0.717, 1.165) is 19.4 Å². The fourth-order valence-electron chi connectivity index (χ4n) is 5.15. The number of likely N-dealkylation sites (tertiary alicyclic amines) is 1. The molecule has 1 aromatic heterocycles. The van der Waals surface area contributed by atoms with Gasteiger partial charge in [0.25, 0.3) is 0 Å². The zero-order valence-corrected chi connectivity index (χ0v) is 17.6. The Morgan fingerprint density at radius 2 is 2.00 bits per heavy atom. The maximum absolute atomic E-state index is 13.0. The predicted molar refractivity (Wildman–Crippen MR) is 109 cm³/mol. The van der Waals surface area contributed by atoms with Crippen LogP contribution in [0.15, 0.2) is 18.5 Å². The molecule has 1 aliphatic carbocycles. The first-order valence-electron chi connectivity index (χ1n) is 11.3. The lowest BCUT2D eigenvalue weighted by molar-refractivity contribution is -0.143. The minimum atomic E-state index is -0.399. The van der Waals surface area contributed by atoms with Crippen LogP contribution in [0.3, 0.4) is 0 Å². The molecule has 1 atom stereocenters. The number of amides is 2. The zero-order valence-electron chi connectivity index (χ0n) is 17.6. The van der Waals surface area contributed by atoms with E-state index in [9.17, 15) is 9.59 Å². The molecular weight excluding hydrogens is 368 g/mol. The normalized spacial score (nSPS) is 24.5. The fraction of sp³-hybridized carbons (Fsp3) is 0.773. The Bertz CT molecular complexity index is 691. The van der Waals surface area contributed by atoms with Gasteiger partial charge in [0.05, 0.1) is 18.6 Å². The molecule has 0 aromatic carbocycles. The molecule has 4 rings (SSSR count). The third-order valence-electron chi connectivity index (χ3n) is 7.06. The fourth-order valence-corrected chi connectivity index (χ4v) is 5.15. The van der Waals surface area contributed by atoms with Gasteiger partial charge in [-0.3, -0.25) is 14.3 Å². The third-order valence-corrected chi connectivity index (χ3v) is 7.06. The summed E-state index contributed by atoms with van der Waals surface area (Å²) in [5.74, 6) is 0.977. The topological polar surface area (TPSA) is 67.7 Å². The summed E-state index contributed by atoms with van der Waals surface area (Å²) >= 11 is 0. The van der Waals surface area contributed by atoms with E-state index in [2.05, 4.69) is 5.10 Å². The van der Waals surface area contributed by atoms with Gasteiger partial charge < -0.3 is 14.5 Å². The van der Waals surface area contributed by atoms with Crippen molar-refractivity contribution in [3.63, 3.8) is 0 Å². The number of nitrogens with zero attached hydrogens (tertiary/aromatic N) is 4. The maximum Gasteiger partial charge on any atom is 0.247 e. The highest BCUT2D eigenvalue weighted by molar-refractivity contribution is 5.80. The summed E-state index contributed by atoms with van der Waals surface area (Å²) in [4.78, 5) is 29.8. The van der Waals surface area contributed by atoms with Crippen molar-refractivity contribution < 1.29 is 14.3 Å². The molecule has 3 aliphatic rings. The second kappa shape index (κ2) is 8.86. The number of carbonyl (C=O) groups is 2. The van der Waals surface area contributed by atoms with E-state index in [1.165, 1.54) is 32.1 Å². The van der Waals surface area contributed by atoms with Crippen LogP contribution in [0.5, 0.6) is 0 Å². The van der Waals surface area contributed by atoms with E-state index >= 15 is 0 Å². The molecule has 1 aromatic rings. The Morgan fingerprint density at radius 3 is 2.69 bits per heavy atom. The molecule has 2 amide bonds. The molecule has 7 heteroatoms. The van der Waals surface area contributed by atoms with Crippen LogP contribution >= 0.6 is 0 Å². The Hall–Kier alpha value is -1.89. The molecule has 2 aliphatic heterocycles. The Balaban J connectivity index is 1.32. The smallest absolute Gasteiger partial charge is 0.247 e. The quantitative estimate of drug-likeness (QED) is 0.776. The average molecular weight is 403 g/mol. The van der Waals surface area contributed by atoms with Crippen molar-refractivity contribution in [3.8, 4) is 0 Å². The van der Waals surface area contributed by atoms with Crippen LogP contribution in [0.4, 0.5) is 0 Å². The molecule has 3 fully saturated rings. The molecule has 0 N–H and O–H groups in total. The first kappa shape index (κ1) is 20.4.